The first-order chi connectivity index (χ1) is 9.74. The van der Waals surface area contributed by atoms with Crippen molar-refractivity contribution in [2.75, 3.05) is 26.8 Å². The number of hydrogen-bond donors (Lipinski definition) is 0. The van der Waals surface area contributed by atoms with Crippen molar-refractivity contribution < 1.29 is 14.3 Å². The van der Waals surface area contributed by atoms with Crippen LogP contribution in [-0.4, -0.2) is 49.3 Å². The number of carbonyl (C=O) groups excluding carboxylic acids is 1. The Labute approximate surface area is 118 Å². The third-order valence-electron chi connectivity index (χ3n) is 5.18. The molecule has 0 amide bonds. The molecule has 0 radical (unpaired) electrons. The van der Waals surface area contributed by atoms with Crippen molar-refractivity contribution in [3.05, 3.63) is 34.9 Å². The molecule has 1 aliphatic carbocycles. The molecule has 1 spiro atoms. The van der Waals surface area contributed by atoms with Crippen molar-refractivity contribution in [1.82, 2.24) is 4.90 Å². The second-order valence-corrected chi connectivity index (χ2v) is 5.97. The highest BCUT2D eigenvalue weighted by Crippen LogP contribution is 2.50. The van der Waals surface area contributed by atoms with Gasteiger partial charge in [0, 0.05) is 26.6 Å². The van der Waals surface area contributed by atoms with Gasteiger partial charge < -0.3 is 9.47 Å². The Kier molecular flexibility index (Phi) is 2.66. The molecule has 0 aromatic rings. The van der Waals surface area contributed by atoms with Crippen molar-refractivity contribution in [3.8, 4) is 0 Å². The first kappa shape index (κ1) is 12.4. The van der Waals surface area contributed by atoms with Crippen LogP contribution in [0.4, 0.5) is 0 Å². The summed E-state index contributed by atoms with van der Waals surface area (Å²) in [5.74, 6) is -0.0882. The maximum Gasteiger partial charge on any atom is 0.310 e. The predicted molar refractivity (Wildman–Crippen MR) is 74.2 cm³/mol. The molecule has 4 aliphatic rings. The summed E-state index contributed by atoms with van der Waals surface area (Å²) in [7, 11) is 1.76. The topological polar surface area (TPSA) is 38.8 Å². The molecule has 4 rings (SSSR count). The van der Waals surface area contributed by atoms with Gasteiger partial charge in [-0.15, -0.1) is 0 Å². The van der Waals surface area contributed by atoms with E-state index in [1.54, 1.807) is 7.11 Å². The van der Waals surface area contributed by atoms with Crippen molar-refractivity contribution in [1.29, 1.82) is 0 Å². The smallest absolute Gasteiger partial charge is 0.310 e. The van der Waals surface area contributed by atoms with E-state index in [2.05, 4.69) is 23.1 Å². The molecule has 4 nitrogen and oxygen atoms in total. The molecule has 0 aromatic carbocycles. The minimum Gasteiger partial charge on any atom is -0.461 e. The van der Waals surface area contributed by atoms with Crippen LogP contribution >= 0.6 is 0 Å². The summed E-state index contributed by atoms with van der Waals surface area (Å²) in [5.41, 5.74) is 3.85. The lowest BCUT2D eigenvalue weighted by Crippen LogP contribution is -2.55. The fourth-order valence-corrected chi connectivity index (χ4v) is 4.18. The number of nitrogens with zero attached hydrogens (tertiary/aromatic N) is 1. The molecule has 0 aromatic heterocycles. The zero-order valence-corrected chi connectivity index (χ0v) is 11.7. The molecule has 4 heteroatoms. The first-order valence-electron chi connectivity index (χ1n) is 7.28. The van der Waals surface area contributed by atoms with Gasteiger partial charge in [0.15, 0.2) is 0 Å². The highest BCUT2D eigenvalue weighted by molar-refractivity contribution is 5.76. The van der Waals surface area contributed by atoms with Crippen LogP contribution in [0.25, 0.3) is 0 Å². The van der Waals surface area contributed by atoms with Crippen LogP contribution in [0.5, 0.6) is 0 Å². The van der Waals surface area contributed by atoms with Crippen molar-refractivity contribution in [2.45, 2.75) is 30.9 Å². The molecule has 0 saturated heterocycles. The van der Waals surface area contributed by atoms with Gasteiger partial charge in [-0.05, 0) is 23.1 Å². The molecule has 3 heterocycles. The number of cyclic esters (lactones) is 1. The molecule has 0 unspecified atom stereocenters. The second kappa shape index (κ2) is 4.30. The Morgan fingerprint density at radius 3 is 3.25 bits per heavy atom. The average Bonchev–Trinajstić information content (AvgIpc) is 2.86. The van der Waals surface area contributed by atoms with E-state index in [-0.39, 0.29) is 17.6 Å². The number of esters is 1. The normalized spacial score (nSPS) is 36.1. The third kappa shape index (κ3) is 1.52. The Hall–Kier alpha value is -1.39. The van der Waals surface area contributed by atoms with Gasteiger partial charge in [0.25, 0.3) is 0 Å². The lowest BCUT2D eigenvalue weighted by molar-refractivity contribution is -0.143. The minimum absolute atomic E-state index is 0.0882. The number of ether oxygens (including phenoxy) is 2. The molecule has 0 N–H and O–H groups in total. The zero-order chi connectivity index (χ0) is 13.7. The summed E-state index contributed by atoms with van der Waals surface area (Å²) in [6.07, 6.45) is 9.12. The van der Waals surface area contributed by atoms with Gasteiger partial charge in [-0.2, -0.15) is 0 Å². The molecule has 3 aliphatic heterocycles. The van der Waals surface area contributed by atoms with Gasteiger partial charge in [-0.1, -0.05) is 18.2 Å². The minimum atomic E-state index is -0.109. The largest absolute Gasteiger partial charge is 0.461 e. The van der Waals surface area contributed by atoms with Gasteiger partial charge in [0.1, 0.15) is 6.61 Å². The lowest BCUT2D eigenvalue weighted by Gasteiger charge is -2.50. The van der Waals surface area contributed by atoms with Crippen LogP contribution in [0.2, 0.25) is 0 Å². The fraction of sp³-hybridized carbons (Fsp3) is 0.562. The summed E-state index contributed by atoms with van der Waals surface area (Å²) in [4.78, 5) is 14.3. The third-order valence-corrected chi connectivity index (χ3v) is 5.18. The molecule has 0 fully saturated rings. The van der Waals surface area contributed by atoms with Crippen LogP contribution < -0.4 is 0 Å². The van der Waals surface area contributed by atoms with E-state index < -0.39 is 0 Å². The predicted octanol–water partition coefficient (Wildman–Crippen LogP) is 1.59. The standard InChI is InChI=1S/C16H19NO3/c1-19-13-3-2-12-5-7-17-6-4-11-10-20-15(18)8-14(11)16(12,17)9-13/h2-3,5,13H,4,6-10H2,1H3/t13-,16-/m1/s1. The van der Waals surface area contributed by atoms with Crippen LogP contribution in [0, 0.1) is 0 Å². The van der Waals surface area contributed by atoms with E-state index in [0.29, 0.717) is 13.0 Å². The summed E-state index contributed by atoms with van der Waals surface area (Å²) in [5, 5.41) is 0. The molecule has 106 valence electrons. The van der Waals surface area contributed by atoms with Crippen molar-refractivity contribution >= 4 is 5.97 Å². The molecule has 2 atom stereocenters. The molecule has 0 saturated carbocycles. The number of hydrogen-bond acceptors (Lipinski definition) is 4. The van der Waals surface area contributed by atoms with E-state index in [1.165, 1.54) is 16.7 Å². The van der Waals surface area contributed by atoms with Crippen molar-refractivity contribution in [2.24, 2.45) is 0 Å². The monoisotopic (exact) mass is 273 g/mol. The van der Waals surface area contributed by atoms with E-state index in [0.717, 1.165) is 25.9 Å². The Balaban J connectivity index is 1.85. The quantitative estimate of drug-likeness (QED) is 0.537. The van der Waals surface area contributed by atoms with Crippen LogP contribution in [0.3, 0.4) is 0 Å². The molecule has 0 bridgehead atoms. The molecular formula is C16H19NO3. The summed E-state index contributed by atoms with van der Waals surface area (Å²) in [6, 6.07) is 0. The second-order valence-electron chi connectivity index (χ2n) is 5.97. The highest BCUT2D eigenvalue weighted by Gasteiger charge is 2.52. The van der Waals surface area contributed by atoms with Gasteiger partial charge in [-0.25, -0.2) is 0 Å². The Bertz CT molecular complexity index is 560. The van der Waals surface area contributed by atoms with E-state index in [4.69, 9.17) is 9.47 Å². The number of methoxy groups -OCH3 is 1. The van der Waals surface area contributed by atoms with Crippen LogP contribution in [-0.2, 0) is 14.3 Å². The van der Waals surface area contributed by atoms with E-state index in [1.807, 2.05) is 0 Å². The SMILES string of the molecule is CO[C@@H]1C=CC2=CCN3CCC4=C(CC(=O)OC4)[C@@]23C1. The molecule has 20 heavy (non-hydrogen) atoms. The lowest BCUT2D eigenvalue weighted by atomic mass is 9.69. The van der Waals surface area contributed by atoms with Crippen LogP contribution in [0.15, 0.2) is 34.9 Å². The van der Waals surface area contributed by atoms with Gasteiger partial charge in [-0.3, -0.25) is 9.69 Å². The van der Waals surface area contributed by atoms with E-state index in [9.17, 15) is 4.79 Å². The zero-order valence-electron chi connectivity index (χ0n) is 11.7. The van der Waals surface area contributed by atoms with Gasteiger partial charge >= 0.3 is 5.97 Å². The summed E-state index contributed by atoms with van der Waals surface area (Å²) < 4.78 is 10.8. The summed E-state index contributed by atoms with van der Waals surface area (Å²) in [6.45, 7) is 2.50. The number of carbonyl (C=O) groups is 1. The first-order valence-corrected chi connectivity index (χ1v) is 7.28. The number of rotatable bonds is 1. The van der Waals surface area contributed by atoms with E-state index >= 15 is 0 Å². The van der Waals surface area contributed by atoms with Crippen molar-refractivity contribution in [3.63, 3.8) is 0 Å². The van der Waals surface area contributed by atoms with Crippen LogP contribution in [0.1, 0.15) is 19.3 Å². The Morgan fingerprint density at radius 2 is 2.40 bits per heavy atom. The highest BCUT2D eigenvalue weighted by atomic mass is 16.5. The molecular weight excluding hydrogens is 254 g/mol. The van der Waals surface area contributed by atoms with Gasteiger partial charge in [0.2, 0.25) is 0 Å². The average molecular weight is 273 g/mol. The van der Waals surface area contributed by atoms with Gasteiger partial charge in [0.05, 0.1) is 18.1 Å². The maximum absolute atomic E-state index is 11.8. The summed E-state index contributed by atoms with van der Waals surface area (Å²) >= 11 is 0. The Morgan fingerprint density at radius 1 is 1.50 bits per heavy atom. The maximum atomic E-state index is 11.8. The fourth-order valence-electron chi connectivity index (χ4n) is 4.18.